The van der Waals surface area contributed by atoms with Crippen molar-refractivity contribution in [1.29, 1.82) is 0 Å². The fourth-order valence-electron chi connectivity index (χ4n) is 1.56. The number of phenols is 1. The van der Waals surface area contributed by atoms with Crippen LogP contribution < -0.4 is 5.32 Å². The second kappa shape index (κ2) is 5.75. The Hall–Kier alpha value is -2.34. The lowest BCUT2D eigenvalue weighted by Crippen LogP contribution is -2.12. The number of halogens is 1. The maximum atomic E-state index is 12.0. The third-order valence-electron chi connectivity index (χ3n) is 2.59. The van der Waals surface area contributed by atoms with E-state index in [1.54, 1.807) is 0 Å². The van der Waals surface area contributed by atoms with Crippen LogP contribution in [0.1, 0.15) is 20.7 Å². The van der Waals surface area contributed by atoms with Crippen molar-refractivity contribution in [3.63, 3.8) is 0 Å². The van der Waals surface area contributed by atoms with Gasteiger partial charge in [-0.1, -0.05) is 0 Å². The molecule has 5 nitrogen and oxygen atoms in total. The Bertz CT molecular complexity index is 667. The number of carboxylic acids is 1. The first-order chi connectivity index (χ1) is 9.47. The number of nitrogens with one attached hydrogen (secondary N) is 1. The number of hydrogen-bond acceptors (Lipinski definition) is 3. The molecule has 0 spiro atoms. The van der Waals surface area contributed by atoms with Crippen LogP contribution in [0.2, 0.25) is 0 Å². The Morgan fingerprint density at radius 1 is 1.00 bits per heavy atom. The molecule has 1 amide bonds. The van der Waals surface area contributed by atoms with E-state index in [4.69, 9.17) is 10.2 Å². The highest BCUT2D eigenvalue weighted by atomic mass is 79.9. The van der Waals surface area contributed by atoms with Gasteiger partial charge in [-0.2, -0.15) is 0 Å². The smallest absolute Gasteiger partial charge is 0.335 e. The zero-order valence-electron chi connectivity index (χ0n) is 10.1. The highest BCUT2D eigenvalue weighted by Gasteiger charge is 2.10. The molecule has 6 heteroatoms. The molecule has 2 aromatic rings. The lowest BCUT2D eigenvalue weighted by Gasteiger charge is -2.08. The quantitative estimate of drug-likeness (QED) is 0.804. The number of benzene rings is 2. The van der Waals surface area contributed by atoms with Crippen LogP contribution in [-0.2, 0) is 0 Å². The molecule has 0 heterocycles. The molecule has 2 aromatic carbocycles. The zero-order chi connectivity index (χ0) is 14.7. The van der Waals surface area contributed by atoms with Crippen LogP contribution in [0.25, 0.3) is 0 Å². The van der Waals surface area contributed by atoms with Crippen molar-refractivity contribution in [2.45, 2.75) is 0 Å². The van der Waals surface area contributed by atoms with Crippen LogP contribution in [0.4, 0.5) is 5.69 Å². The molecule has 3 N–H and O–H groups in total. The maximum Gasteiger partial charge on any atom is 0.335 e. The summed E-state index contributed by atoms with van der Waals surface area (Å²) in [6.45, 7) is 0. The van der Waals surface area contributed by atoms with Gasteiger partial charge in [0, 0.05) is 10.0 Å². The number of phenolic OH excluding ortho intramolecular Hbond substituents is 1. The predicted octanol–water partition coefficient (Wildman–Crippen LogP) is 3.11. The summed E-state index contributed by atoms with van der Waals surface area (Å²) in [4.78, 5) is 22.8. The molecule has 0 aromatic heterocycles. The fourth-order valence-corrected chi connectivity index (χ4v) is 2.03. The lowest BCUT2D eigenvalue weighted by molar-refractivity contribution is 0.0696. The van der Waals surface area contributed by atoms with Crippen molar-refractivity contribution in [1.82, 2.24) is 0 Å². The van der Waals surface area contributed by atoms with Gasteiger partial charge in [-0.3, -0.25) is 4.79 Å². The summed E-state index contributed by atoms with van der Waals surface area (Å²) in [5.41, 5.74) is 0.976. The van der Waals surface area contributed by atoms with E-state index in [2.05, 4.69) is 21.2 Å². The van der Waals surface area contributed by atoms with Gasteiger partial charge in [-0.25, -0.2) is 4.79 Å². The molecule has 0 aliphatic rings. The summed E-state index contributed by atoms with van der Waals surface area (Å²) in [6, 6.07) is 10.1. The van der Waals surface area contributed by atoms with Crippen LogP contribution in [0, 0.1) is 0 Å². The zero-order valence-corrected chi connectivity index (χ0v) is 11.7. The minimum absolute atomic E-state index is 0.0774. The van der Waals surface area contributed by atoms with Crippen molar-refractivity contribution < 1.29 is 19.8 Å². The van der Waals surface area contributed by atoms with Crippen molar-refractivity contribution in [3.05, 3.63) is 58.1 Å². The Morgan fingerprint density at radius 3 is 2.15 bits per heavy atom. The number of hydrogen-bond donors (Lipinski definition) is 3. The molecule has 0 aliphatic heterocycles. The van der Waals surface area contributed by atoms with Crippen LogP contribution in [0.5, 0.6) is 5.75 Å². The molecule has 0 radical (unpaired) electrons. The molecule has 2 rings (SSSR count). The first-order valence-corrected chi connectivity index (χ1v) is 6.40. The molecule has 0 bridgehead atoms. The minimum atomic E-state index is -1.04. The molecule has 0 aliphatic carbocycles. The second-order valence-electron chi connectivity index (χ2n) is 4.00. The van der Waals surface area contributed by atoms with Crippen LogP contribution in [0.15, 0.2) is 46.9 Å². The van der Waals surface area contributed by atoms with E-state index in [0.717, 1.165) is 0 Å². The van der Waals surface area contributed by atoms with Gasteiger partial charge in [0.1, 0.15) is 5.75 Å². The molecule has 0 saturated heterocycles. The van der Waals surface area contributed by atoms with E-state index < -0.39 is 5.97 Å². The Balaban J connectivity index is 2.19. The van der Waals surface area contributed by atoms with Gasteiger partial charge in [0.05, 0.1) is 11.3 Å². The number of aromatic carboxylic acids is 1. The van der Waals surface area contributed by atoms with E-state index in [1.807, 2.05) is 0 Å². The van der Waals surface area contributed by atoms with Crippen molar-refractivity contribution in [3.8, 4) is 5.75 Å². The maximum absolute atomic E-state index is 12.0. The van der Waals surface area contributed by atoms with Crippen molar-refractivity contribution in [2.75, 3.05) is 5.32 Å². The van der Waals surface area contributed by atoms with Gasteiger partial charge in [0.25, 0.3) is 5.91 Å². The van der Waals surface area contributed by atoms with Gasteiger partial charge in [0.2, 0.25) is 0 Å². The van der Waals surface area contributed by atoms with Gasteiger partial charge in [0.15, 0.2) is 0 Å². The third-order valence-corrected chi connectivity index (χ3v) is 3.25. The second-order valence-corrected chi connectivity index (χ2v) is 4.86. The first kappa shape index (κ1) is 14.1. The Labute approximate surface area is 123 Å². The number of aromatic hydroxyl groups is 1. The first-order valence-electron chi connectivity index (χ1n) is 5.60. The highest BCUT2D eigenvalue weighted by molar-refractivity contribution is 9.10. The van der Waals surface area contributed by atoms with E-state index in [1.165, 1.54) is 42.5 Å². The minimum Gasteiger partial charge on any atom is -0.508 e. The van der Waals surface area contributed by atoms with Crippen LogP contribution >= 0.6 is 15.9 Å². The number of rotatable bonds is 3. The van der Waals surface area contributed by atoms with Crippen LogP contribution in [0.3, 0.4) is 0 Å². The van der Waals surface area contributed by atoms with Gasteiger partial charge in [-0.05, 0) is 58.4 Å². The normalized spacial score (nSPS) is 10.1. The van der Waals surface area contributed by atoms with Crippen LogP contribution in [-0.4, -0.2) is 22.1 Å². The van der Waals surface area contributed by atoms with E-state index in [9.17, 15) is 9.59 Å². The number of carbonyl (C=O) groups is 2. The Morgan fingerprint density at radius 2 is 1.60 bits per heavy atom. The average molecular weight is 336 g/mol. The highest BCUT2D eigenvalue weighted by Crippen LogP contribution is 2.24. The molecule has 102 valence electrons. The van der Waals surface area contributed by atoms with E-state index in [0.29, 0.717) is 15.7 Å². The van der Waals surface area contributed by atoms with E-state index >= 15 is 0 Å². The number of carbonyl (C=O) groups excluding carboxylic acids is 1. The van der Waals surface area contributed by atoms with Gasteiger partial charge >= 0.3 is 5.97 Å². The summed E-state index contributed by atoms with van der Waals surface area (Å²) < 4.78 is 0.476. The van der Waals surface area contributed by atoms with Gasteiger partial charge < -0.3 is 15.5 Å². The monoisotopic (exact) mass is 335 g/mol. The standard InChI is InChI=1S/C14H10BrNO4/c15-11-7-9(14(19)20)3-6-12(11)16-13(18)8-1-4-10(17)5-2-8/h1-7,17H,(H,16,18)(H,19,20). The molecule has 20 heavy (non-hydrogen) atoms. The van der Waals surface area contributed by atoms with E-state index in [-0.39, 0.29) is 17.2 Å². The molecular formula is C14H10BrNO4. The third kappa shape index (κ3) is 3.16. The Kier molecular flexibility index (Phi) is 4.05. The number of carboxylic acid groups (broad SMARTS) is 1. The topological polar surface area (TPSA) is 86.6 Å². The molecule has 0 fully saturated rings. The summed E-state index contributed by atoms with van der Waals surface area (Å²) in [6.07, 6.45) is 0. The summed E-state index contributed by atoms with van der Waals surface area (Å²) in [5, 5.41) is 20.7. The largest absolute Gasteiger partial charge is 0.508 e. The lowest BCUT2D eigenvalue weighted by atomic mass is 10.2. The molecular weight excluding hydrogens is 326 g/mol. The number of amides is 1. The summed E-state index contributed by atoms with van der Waals surface area (Å²) >= 11 is 3.21. The molecule has 0 unspecified atom stereocenters. The SMILES string of the molecule is O=C(O)c1ccc(NC(=O)c2ccc(O)cc2)c(Br)c1. The van der Waals surface area contributed by atoms with Gasteiger partial charge in [-0.15, -0.1) is 0 Å². The number of anilines is 1. The summed E-state index contributed by atoms with van der Waals surface area (Å²) in [7, 11) is 0. The van der Waals surface area contributed by atoms with Crippen molar-refractivity contribution >= 4 is 33.5 Å². The average Bonchev–Trinajstić information content (AvgIpc) is 2.41. The van der Waals surface area contributed by atoms with Crippen molar-refractivity contribution in [2.24, 2.45) is 0 Å². The fraction of sp³-hybridized carbons (Fsp3) is 0. The predicted molar refractivity (Wildman–Crippen MR) is 77.2 cm³/mol. The molecule has 0 atom stereocenters. The molecule has 0 saturated carbocycles. The summed E-state index contributed by atoms with van der Waals surface area (Å²) in [5.74, 6) is -1.32.